The Morgan fingerprint density at radius 1 is 1.25 bits per heavy atom. The normalized spacial score (nSPS) is 20.6. The first-order valence-electron chi connectivity index (χ1n) is 9.69. The number of likely N-dealkylation sites (tertiary alicyclic amines) is 1. The Balaban J connectivity index is 1.46. The minimum Gasteiger partial charge on any atom is -0.298 e. The number of piperidine rings is 1. The molecule has 1 N–H and O–H groups in total. The van der Waals surface area contributed by atoms with Gasteiger partial charge in [0.05, 0.1) is 11.9 Å². The van der Waals surface area contributed by atoms with Crippen molar-refractivity contribution in [3.63, 3.8) is 0 Å². The van der Waals surface area contributed by atoms with Gasteiger partial charge in [0.15, 0.2) is 10.8 Å². The van der Waals surface area contributed by atoms with Crippen LogP contribution in [0.3, 0.4) is 0 Å². The minimum absolute atomic E-state index is 0.228. The van der Waals surface area contributed by atoms with Crippen molar-refractivity contribution >= 4 is 28.0 Å². The second kappa shape index (κ2) is 7.60. The summed E-state index contributed by atoms with van der Waals surface area (Å²) < 4.78 is 1.69. The summed E-state index contributed by atoms with van der Waals surface area (Å²) in [4.78, 5) is 24.3. The average molecular weight is 399 g/mol. The zero-order chi connectivity index (χ0) is 19.8. The molecule has 148 valence electrons. The fraction of sp³-hybridized carbons (Fsp3) is 0.500. The third kappa shape index (κ3) is 3.93. The molecular formula is C20H26N6OS. The molecule has 1 aliphatic rings. The predicted octanol–water partition coefficient (Wildman–Crippen LogP) is 3.53. The van der Waals surface area contributed by atoms with Gasteiger partial charge in [0, 0.05) is 36.4 Å². The Kier molecular flexibility index (Phi) is 5.16. The molecule has 7 nitrogen and oxygen atoms in total. The lowest BCUT2D eigenvalue weighted by atomic mass is 9.92. The summed E-state index contributed by atoms with van der Waals surface area (Å²) in [5, 5.41) is 9.84. The lowest BCUT2D eigenvalue weighted by Crippen LogP contribution is -2.38. The molecule has 0 spiro atoms. The molecule has 0 aliphatic carbocycles. The Morgan fingerprint density at radius 2 is 2.00 bits per heavy atom. The summed E-state index contributed by atoms with van der Waals surface area (Å²) in [6.45, 7) is 11.5. The summed E-state index contributed by atoms with van der Waals surface area (Å²) in [7, 11) is 0. The molecule has 28 heavy (non-hydrogen) atoms. The largest absolute Gasteiger partial charge is 0.298 e. The summed E-state index contributed by atoms with van der Waals surface area (Å²) in [5.74, 6) is 1.21. The summed E-state index contributed by atoms with van der Waals surface area (Å²) in [6.07, 6.45) is 2.86. The van der Waals surface area contributed by atoms with Crippen molar-refractivity contribution in [2.45, 2.75) is 40.7 Å². The third-order valence-corrected chi connectivity index (χ3v) is 5.93. The quantitative estimate of drug-likeness (QED) is 0.728. The number of aryl methyl sites for hydroxylation is 2. The first-order valence-corrected chi connectivity index (χ1v) is 10.6. The molecule has 1 aliphatic heterocycles. The lowest BCUT2D eigenvalue weighted by molar-refractivity contribution is 0.102. The van der Waals surface area contributed by atoms with Crippen molar-refractivity contribution in [2.75, 3.05) is 18.4 Å². The third-order valence-electron chi connectivity index (χ3n) is 5.12. The van der Waals surface area contributed by atoms with Gasteiger partial charge in [0.2, 0.25) is 0 Å². The second-order valence-electron chi connectivity index (χ2n) is 8.07. The number of amides is 1. The van der Waals surface area contributed by atoms with Gasteiger partial charge in [-0.3, -0.25) is 15.0 Å². The van der Waals surface area contributed by atoms with Gasteiger partial charge < -0.3 is 0 Å². The molecule has 1 amide bonds. The molecule has 3 aromatic rings. The highest BCUT2D eigenvalue weighted by Gasteiger charge is 2.23. The molecule has 4 heterocycles. The molecular weight excluding hydrogens is 372 g/mol. The molecule has 0 bridgehead atoms. The molecule has 3 aromatic heterocycles. The van der Waals surface area contributed by atoms with Crippen LogP contribution in [0.1, 0.15) is 47.7 Å². The average Bonchev–Trinajstić information content (AvgIpc) is 3.20. The van der Waals surface area contributed by atoms with Crippen molar-refractivity contribution < 1.29 is 4.79 Å². The first kappa shape index (κ1) is 19.0. The number of carbonyl (C=O) groups excluding carboxylic acids is 1. The lowest BCUT2D eigenvalue weighted by Gasteiger charge is -2.34. The Bertz CT molecular complexity index is 999. The van der Waals surface area contributed by atoms with Crippen LogP contribution >= 0.6 is 11.3 Å². The number of hydrogen-bond donors (Lipinski definition) is 1. The van der Waals surface area contributed by atoms with E-state index in [1.54, 1.807) is 10.7 Å². The van der Waals surface area contributed by atoms with Gasteiger partial charge in [0.25, 0.3) is 5.91 Å². The minimum atomic E-state index is -0.228. The van der Waals surface area contributed by atoms with Crippen LogP contribution in [0.4, 0.5) is 5.13 Å². The molecule has 1 saturated heterocycles. The van der Waals surface area contributed by atoms with Gasteiger partial charge in [-0.2, -0.15) is 5.10 Å². The molecule has 2 atom stereocenters. The van der Waals surface area contributed by atoms with E-state index in [0.717, 1.165) is 48.6 Å². The van der Waals surface area contributed by atoms with E-state index in [4.69, 9.17) is 0 Å². The number of nitrogens with one attached hydrogen (secondary N) is 1. The van der Waals surface area contributed by atoms with E-state index >= 15 is 0 Å². The van der Waals surface area contributed by atoms with E-state index in [-0.39, 0.29) is 5.91 Å². The predicted molar refractivity (Wildman–Crippen MR) is 111 cm³/mol. The van der Waals surface area contributed by atoms with Gasteiger partial charge in [-0.15, -0.1) is 11.3 Å². The number of nitrogens with zero attached hydrogens (tertiary/aromatic N) is 5. The highest BCUT2D eigenvalue weighted by atomic mass is 32.1. The number of hydrogen-bond acceptors (Lipinski definition) is 6. The van der Waals surface area contributed by atoms with Crippen LogP contribution in [0.15, 0.2) is 17.6 Å². The van der Waals surface area contributed by atoms with Crippen LogP contribution in [-0.2, 0) is 6.54 Å². The van der Waals surface area contributed by atoms with Crippen LogP contribution in [0.5, 0.6) is 0 Å². The van der Waals surface area contributed by atoms with E-state index in [2.05, 4.69) is 39.1 Å². The number of thiazole rings is 1. The van der Waals surface area contributed by atoms with Crippen molar-refractivity contribution in [3.05, 3.63) is 40.3 Å². The highest BCUT2D eigenvalue weighted by Crippen LogP contribution is 2.24. The zero-order valence-corrected chi connectivity index (χ0v) is 17.6. The van der Waals surface area contributed by atoms with Crippen molar-refractivity contribution in [1.29, 1.82) is 0 Å². The maximum Gasteiger partial charge on any atom is 0.262 e. The second-order valence-corrected chi connectivity index (χ2v) is 8.93. The summed E-state index contributed by atoms with van der Waals surface area (Å²) in [6, 6.07) is 1.94. The fourth-order valence-corrected chi connectivity index (χ4v) is 4.88. The smallest absolute Gasteiger partial charge is 0.262 e. The maximum absolute atomic E-state index is 12.7. The topological polar surface area (TPSA) is 75.4 Å². The van der Waals surface area contributed by atoms with E-state index < -0.39 is 0 Å². The number of rotatable bonds is 4. The van der Waals surface area contributed by atoms with Crippen LogP contribution in [0, 0.1) is 25.7 Å². The van der Waals surface area contributed by atoms with Crippen molar-refractivity contribution in [2.24, 2.45) is 11.8 Å². The standard InChI is InChI=1S/C20H26N6OS/c1-12-5-13(2)9-25(8-12)10-16-11-28-20(23-16)24-19(27)17-7-21-26-15(4)6-14(3)22-18(17)26/h6-7,11-13H,5,8-10H2,1-4H3,(H,23,24,27). The van der Waals surface area contributed by atoms with Crippen molar-refractivity contribution in [3.8, 4) is 0 Å². The number of carbonyl (C=O) groups is 1. The van der Waals surface area contributed by atoms with E-state index in [0.29, 0.717) is 16.3 Å². The van der Waals surface area contributed by atoms with Crippen LogP contribution in [0.2, 0.25) is 0 Å². The molecule has 8 heteroatoms. The Labute approximate surface area is 168 Å². The van der Waals surface area contributed by atoms with Gasteiger partial charge in [0.1, 0.15) is 5.56 Å². The van der Waals surface area contributed by atoms with E-state index in [1.165, 1.54) is 17.8 Å². The summed E-state index contributed by atoms with van der Waals surface area (Å²) in [5.41, 5.74) is 3.85. The maximum atomic E-state index is 12.7. The van der Waals surface area contributed by atoms with Crippen LogP contribution in [0.25, 0.3) is 5.65 Å². The molecule has 0 radical (unpaired) electrons. The van der Waals surface area contributed by atoms with E-state index in [1.807, 2.05) is 25.3 Å². The molecule has 0 saturated carbocycles. The Morgan fingerprint density at radius 3 is 2.75 bits per heavy atom. The molecule has 0 aromatic carbocycles. The van der Waals surface area contributed by atoms with Crippen LogP contribution in [-0.4, -0.2) is 43.5 Å². The van der Waals surface area contributed by atoms with Gasteiger partial charge in [-0.1, -0.05) is 13.8 Å². The first-order chi connectivity index (χ1) is 13.4. The van der Waals surface area contributed by atoms with Gasteiger partial charge >= 0.3 is 0 Å². The zero-order valence-electron chi connectivity index (χ0n) is 16.8. The number of aromatic nitrogens is 4. The van der Waals surface area contributed by atoms with Crippen molar-refractivity contribution in [1.82, 2.24) is 24.5 Å². The summed E-state index contributed by atoms with van der Waals surface area (Å²) >= 11 is 1.46. The Hall–Kier alpha value is -2.32. The van der Waals surface area contributed by atoms with E-state index in [9.17, 15) is 4.79 Å². The SMILES string of the molecule is Cc1cc(C)n2ncc(C(=O)Nc3nc(CN4CC(C)CC(C)C4)cs3)c2n1. The highest BCUT2D eigenvalue weighted by molar-refractivity contribution is 7.14. The molecule has 2 unspecified atom stereocenters. The molecule has 1 fully saturated rings. The fourth-order valence-electron chi connectivity index (χ4n) is 4.18. The monoisotopic (exact) mass is 398 g/mol. The number of fused-ring (bicyclic) bond motifs is 1. The number of anilines is 1. The van der Waals surface area contributed by atoms with Gasteiger partial charge in [-0.05, 0) is 38.2 Å². The molecule has 4 rings (SSSR count). The van der Waals surface area contributed by atoms with Gasteiger partial charge in [-0.25, -0.2) is 14.5 Å². The van der Waals surface area contributed by atoms with Crippen LogP contribution < -0.4 is 5.32 Å².